The number of carbonyl (C=O) groups is 2. The Bertz CT molecular complexity index is 325. The first-order valence-corrected chi connectivity index (χ1v) is 7.78. The summed E-state index contributed by atoms with van der Waals surface area (Å²) in [5.41, 5.74) is 0. The van der Waals surface area contributed by atoms with Crippen molar-refractivity contribution in [3.05, 3.63) is 0 Å². The summed E-state index contributed by atoms with van der Waals surface area (Å²) in [5.74, 6) is 0.0201. The van der Waals surface area contributed by atoms with Crippen molar-refractivity contribution in [3.63, 3.8) is 0 Å². The van der Waals surface area contributed by atoms with Crippen LogP contribution in [0.5, 0.6) is 0 Å². The number of aliphatic carboxylic acids is 1. The van der Waals surface area contributed by atoms with Crippen molar-refractivity contribution in [1.29, 1.82) is 0 Å². The number of amides is 2. The monoisotopic (exact) mass is 284 g/mol. The largest absolute Gasteiger partial charge is 0.481 e. The Morgan fingerprint density at radius 3 is 2.25 bits per heavy atom. The lowest BCUT2D eigenvalue weighted by molar-refractivity contribution is -0.137. The van der Waals surface area contributed by atoms with E-state index in [2.05, 4.69) is 19.2 Å². The molecule has 5 heteroatoms. The number of nitrogens with zero attached hydrogens (tertiary/aromatic N) is 1. The molecule has 20 heavy (non-hydrogen) atoms. The smallest absolute Gasteiger partial charge is 0.317 e. The number of urea groups is 1. The first-order chi connectivity index (χ1) is 9.51. The maximum Gasteiger partial charge on any atom is 0.317 e. The average Bonchev–Trinajstić information content (AvgIpc) is 3.23. The highest BCUT2D eigenvalue weighted by Gasteiger charge is 2.34. The summed E-state index contributed by atoms with van der Waals surface area (Å²) in [6.07, 6.45) is 4.19. The van der Waals surface area contributed by atoms with E-state index in [4.69, 9.17) is 5.11 Å². The van der Waals surface area contributed by atoms with Gasteiger partial charge in [-0.15, -0.1) is 0 Å². The van der Waals surface area contributed by atoms with Crippen molar-refractivity contribution < 1.29 is 14.7 Å². The summed E-state index contributed by atoms with van der Waals surface area (Å²) in [6.45, 7) is 7.65. The molecule has 1 rings (SSSR count). The molecule has 1 aliphatic rings. The van der Waals surface area contributed by atoms with Crippen molar-refractivity contribution in [2.24, 2.45) is 11.8 Å². The van der Waals surface area contributed by atoms with Crippen molar-refractivity contribution in [1.82, 2.24) is 10.2 Å². The molecule has 0 saturated heterocycles. The normalized spacial score (nSPS) is 16.0. The van der Waals surface area contributed by atoms with E-state index in [9.17, 15) is 9.59 Å². The lowest BCUT2D eigenvalue weighted by atomic mass is 10.0. The molecule has 0 spiro atoms. The minimum atomic E-state index is -0.842. The van der Waals surface area contributed by atoms with Gasteiger partial charge < -0.3 is 15.3 Å². The molecule has 0 aliphatic heterocycles. The second kappa shape index (κ2) is 8.12. The molecule has 0 heterocycles. The second-order valence-corrected chi connectivity index (χ2v) is 5.71. The number of carbonyl (C=O) groups excluding carboxylic acids is 1. The van der Waals surface area contributed by atoms with E-state index in [1.54, 1.807) is 4.90 Å². The van der Waals surface area contributed by atoms with Gasteiger partial charge in [0.05, 0.1) is 6.42 Å². The summed E-state index contributed by atoms with van der Waals surface area (Å²) in [4.78, 5) is 25.0. The summed E-state index contributed by atoms with van der Waals surface area (Å²) >= 11 is 0. The van der Waals surface area contributed by atoms with Crippen LogP contribution in [0.4, 0.5) is 4.79 Å². The van der Waals surface area contributed by atoms with Crippen LogP contribution in [0.2, 0.25) is 0 Å². The molecule has 0 radical (unpaired) electrons. The molecule has 1 fully saturated rings. The van der Waals surface area contributed by atoms with Gasteiger partial charge in [0.2, 0.25) is 0 Å². The number of carboxylic acid groups (broad SMARTS) is 1. The average molecular weight is 284 g/mol. The third-order valence-electron chi connectivity index (χ3n) is 4.20. The second-order valence-electron chi connectivity index (χ2n) is 5.71. The number of hydrogen-bond acceptors (Lipinski definition) is 2. The number of carboxylic acids is 1. The number of hydrogen-bond donors (Lipinski definition) is 2. The summed E-state index contributed by atoms with van der Waals surface area (Å²) < 4.78 is 0. The molecular formula is C15H28N2O3. The molecule has 5 nitrogen and oxygen atoms in total. The molecular weight excluding hydrogens is 256 g/mol. The van der Waals surface area contributed by atoms with Crippen LogP contribution in [0.25, 0.3) is 0 Å². The fraction of sp³-hybridized carbons (Fsp3) is 0.867. The van der Waals surface area contributed by atoms with Gasteiger partial charge in [0.1, 0.15) is 0 Å². The molecule has 1 unspecified atom stereocenters. The molecule has 2 amide bonds. The minimum absolute atomic E-state index is 0.0267. The first kappa shape index (κ1) is 16.8. The van der Waals surface area contributed by atoms with E-state index in [-0.39, 0.29) is 18.5 Å². The van der Waals surface area contributed by atoms with Crippen LogP contribution in [-0.4, -0.2) is 41.1 Å². The highest BCUT2D eigenvalue weighted by atomic mass is 16.4. The van der Waals surface area contributed by atoms with Gasteiger partial charge in [-0.05, 0) is 31.6 Å². The van der Waals surface area contributed by atoms with Gasteiger partial charge in [0.25, 0.3) is 0 Å². The van der Waals surface area contributed by atoms with Gasteiger partial charge >= 0.3 is 12.0 Å². The maximum absolute atomic E-state index is 12.3. The SMILES string of the molecule is CCC(CC)CN(CC)C(=O)NC(CC(=O)O)C1CC1. The van der Waals surface area contributed by atoms with Crippen LogP contribution in [0.1, 0.15) is 52.9 Å². The summed E-state index contributed by atoms with van der Waals surface area (Å²) in [7, 11) is 0. The lowest BCUT2D eigenvalue weighted by Gasteiger charge is -2.28. The molecule has 2 N–H and O–H groups in total. The van der Waals surface area contributed by atoms with Crippen LogP contribution in [0, 0.1) is 11.8 Å². The third kappa shape index (κ3) is 5.39. The topological polar surface area (TPSA) is 69.6 Å². The molecule has 0 aromatic heterocycles. The van der Waals surface area contributed by atoms with Gasteiger partial charge in [-0.3, -0.25) is 4.79 Å². The Balaban J connectivity index is 2.53. The lowest BCUT2D eigenvalue weighted by Crippen LogP contribution is -2.47. The van der Waals surface area contributed by atoms with Crippen LogP contribution < -0.4 is 5.32 Å². The van der Waals surface area contributed by atoms with Crippen LogP contribution in [-0.2, 0) is 4.79 Å². The molecule has 1 aliphatic carbocycles. The zero-order valence-corrected chi connectivity index (χ0v) is 12.9. The summed E-state index contributed by atoms with van der Waals surface area (Å²) in [5, 5.41) is 11.8. The fourth-order valence-electron chi connectivity index (χ4n) is 2.49. The fourth-order valence-corrected chi connectivity index (χ4v) is 2.49. The minimum Gasteiger partial charge on any atom is -0.481 e. The standard InChI is InChI=1S/C15H28N2O3/c1-4-11(5-2)10-17(6-3)15(20)16-13(9-14(18)19)12-7-8-12/h11-13H,4-10H2,1-3H3,(H,16,20)(H,18,19). The van der Waals surface area contributed by atoms with Gasteiger partial charge in [-0.2, -0.15) is 0 Å². The van der Waals surface area contributed by atoms with Crippen LogP contribution in [0.3, 0.4) is 0 Å². The number of rotatable bonds is 9. The third-order valence-corrected chi connectivity index (χ3v) is 4.20. The Hall–Kier alpha value is -1.26. The van der Waals surface area contributed by atoms with E-state index in [1.165, 1.54) is 0 Å². The quantitative estimate of drug-likeness (QED) is 0.684. The van der Waals surface area contributed by atoms with E-state index in [0.717, 1.165) is 32.2 Å². The molecule has 1 atom stereocenters. The number of nitrogens with one attached hydrogen (secondary N) is 1. The van der Waals surface area contributed by atoms with Crippen molar-refractivity contribution in [3.8, 4) is 0 Å². The predicted octanol–water partition coefficient (Wildman–Crippen LogP) is 2.71. The zero-order chi connectivity index (χ0) is 15.1. The molecule has 116 valence electrons. The highest BCUT2D eigenvalue weighted by Crippen LogP contribution is 2.34. The van der Waals surface area contributed by atoms with Gasteiger partial charge in [0.15, 0.2) is 0 Å². The summed E-state index contributed by atoms with van der Waals surface area (Å²) in [6, 6.07) is -0.326. The molecule has 1 saturated carbocycles. The van der Waals surface area contributed by atoms with Crippen molar-refractivity contribution in [2.45, 2.75) is 58.9 Å². The van der Waals surface area contributed by atoms with Crippen molar-refractivity contribution >= 4 is 12.0 Å². The Kier molecular flexibility index (Phi) is 6.82. The molecule has 0 aromatic carbocycles. The molecule has 0 bridgehead atoms. The van der Waals surface area contributed by atoms with E-state index >= 15 is 0 Å². The van der Waals surface area contributed by atoms with Crippen molar-refractivity contribution in [2.75, 3.05) is 13.1 Å². The van der Waals surface area contributed by atoms with E-state index in [1.807, 2.05) is 6.92 Å². The van der Waals surface area contributed by atoms with E-state index in [0.29, 0.717) is 18.4 Å². The Labute approximate surface area is 121 Å². The maximum atomic E-state index is 12.3. The molecule has 0 aromatic rings. The van der Waals surface area contributed by atoms with Gasteiger partial charge in [-0.25, -0.2) is 4.79 Å². The Morgan fingerprint density at radius 2 is 1.85 bits per heavy atom. The van der Waals surface area contributed by atoms with E-state index < -0.39 is 5.97 Å². The first-order valence-electron chi connectivity index (χ1n) is 7.78. The zero-order valence-electron chi connectivity index (χ0n) is 12.9. The van der Waals surface area contributed by atoms with Gasteiger partial charge in [-0.1, -0.05) is 26.7 Å². The highest BCUT2D eigenvalue weighted by molar-refractivity contribution is 5.76. The predicted molar refractivity (Wildman–Crippen MR) is 78.6 cm³/mol. The van der Waals surface area contributed by atoms with Crippen LogP contribution in [0.15, 0.2) is 0 Å². The van der Waals surface area contributed by atoms with Gasteiger partial charge in [0, 0.05) is 19.1 Å². The van der Waals surface area contributed by atoms with Crippen LogP contribution >= 0.6 is 0 Å². The Morgan fingerprint density at radius 1 is 1.25 bits per heavy atom.